The smallest absolute Gasteiger partial charge is 0.0862 e. The van der Waals surface area contributed by atoms with E-state index in [2.05, 4.69) is 0 Å². The fraction of sp³-hybridized carbons (Fsp3) is 0.455. The Morgan fingerprint density at radius 2 is 1.93 bits per heavy atom. The third-order valence-electron chi connectivity index (χ3n) is 2.20. The summed E-state index contributed by atoms with van der Waals surface area (Å²) in [6.07, 6.45) is -0.666. The van der Waals surface area contributed by atoms with Gasteiger partial charge < -0.3 is 14.9 Å². The van der Waals surface area contributed by atoms with E-state index in [0.717, 1.165) is 5.56 Å². The average molecular weight is 196 g/mol. The molecule has 0 fully saturated rings. The highest BCUT2D eigenvalue weighted by molar-refractivity contribution is 5.17. The van der Waals surface area contributed by atoms with Crippen LogP contribution in [0.5, 0.6) is 0 Å². The van der Waals surface area contributed by atoms with E-state index < -0.39 is 6.10 Å². The molecule has 1 aromatic rings. The SMILES string of the molecule is COC[C@H](CO)[C@@H](O)c1ccccc1. The molecular formula is C11H16O3. The van der Waals surface area contributed by atoms with Gasteiger partial charge in [-0.05, 0) is 5.56 Å². The molecule has 0 saturated carbocycles. The van der Waals surface area contributed by atoms with E-state index in [4.69, 9.17) is 9.84 Å². The summed E-state index contributed by atoms with van der Waals surface area (Å²) in [5.41, 5.74) is 0.809. The number of aliphatic hydroxyl groups excluding tert-OH is 2. The minimum absolute atomic E-state index is 0.0795. The molecule has 2 atom stereocenters. The maximum atomic E-state index is 9.87. The Hall–Kier alpha value is -0.900. The van der Waals surface area contributed by atoms with Crippen molar-refractivity contribution in [2.45, 2.75) is 6.10 Å². The van der Waals surface area contributed by atoms with Gasteiger partial charge in [0.15, 0.2) is 0 Å². The Bertz CT molecular complexity index is 248. The van der Waals surface area contributed by atoms with Gasteiger partial charge in [-0.25, -0.2) is 0 Å². The molecule has 0 unspecified atom stereocenters. The van der Waals surface area contributed by atoms with E-state index in [-0.39, 0.29) is 12.5 Å². The molecule has 0 radical (unpaired) electrons. The van der Waals surface area contributed by atoms with E-state index in [1.807, 2.05) is 30.3 Å². The van der Waals surface area contributed by atoms with Crippen LogP contribution < -0.4 is 0 Å². The molecule has 1 rings (SSSR count). The third kappa shape index (κ3) is 2.80. The number of benzene rings is 1. The molecule has 1 aromatic carbocycles. The monoisotopic (exact) mass is 196 g/mol. The first-order chi connectivity index (χ1) is 6.79. The van der Waals surface area contributed by atoms with Crippen molar-refractivity contribution in [3.05, 3.63) is 35.9 Å². The molecule has 0 heterocycles. The van der Waals surface area contributed by atoms with Crippen LogP contribution in [0.1, 0.15) is 11.7 Å². The van der Waals surface area contributed by atoms with Crippen molar-refractivity contribution in [2.24, 2.45) is 5.92 Å². The van der Waals surface area contributed by atoms with E-state index >= 15 is 0 Å². The van der Waals surface area contributed by atoms with Gasteiger partial charge in [0.1, 0.15) is 0 Å². The normalized spacial score (nSPS) is 15.1. The van der Waals surface area contributed by atoms with Crippen molar-refractivity contribution < 1.29 is 14.9 Å². The zero-order chi connectivity index (χ0) is 10.4. The second-order valence-electron chi connectivity index (χ2n) is 3.25. The molecule has 2 N–H and O–H groups in total. The first kappa shape index (κ1) is 11.2. The molecule has 3 nitrogen and oxygen atoms in total. The average Bonchev–Trinajstić information content (AvgIpc) is 2.26. The molecule has 3 heteroatoms. The molecule has 0 spiro atoms. The van der Waals surface area contributed by atoms with Crippen LogP contribution in [0, 0.1) is 5.92 Å². The van der Waals surface area contributed by atoms with Gasteiger partial charge in [0.25, 0.3) is 0 Å². The molecule has 0 aliphatic heterocycles. The maximum absolute atomic E-state index is 9.87. The van der Waals surface area contributed by atoms with Crippen LogP contribution in [-0.4, -0.2) is 30.5 Å². The summed E-state index contributed by atoms with van der Waals surface area (Å²) >= 11 is 0. The highest BCUT2D eigenvalue weighted by Gasteiger charge is 2.19. The topological polar surface area (TPSA) is 49.7 Å². The maximum Gasteiger partial charge on any atom is 0.0862 e. The number of methoxy groups -OCH3 is 1. The van der Waals surface area contributed by atoms with Gasteiger partial charge >= 0.3 is 0 Å². The Morgan fingerprint density at radius 1 is 1.29 bits per heavy atom. The van der Waals surface area contributed by atoms with Crippen molar-refractivity contribution in [1.82, 2.24) is 0 Å². The molecule has 0 aliphatic carbocycles. The summed E-state index contributed by atoms with van der Waals surface area (Å²) in [6.45, 7) is 0.274. The molecule has 78 valence electrons. The van der Waals surface area contributed by atoms with Crippen molar-refractivity contribution in [3.63, 3.8) is 0 Å². The van der Waals surface area contributed by atoms with E-state index in [0.29, 0.717) is 6.61 Å². The van der Waals surface area contributed by atoms with Crippen molar-refractivity contribution >= 4 is 0 Å². The fourth-order valence-electron chi connectivity index (χ4n) is 1.38. The predicted molar refractivity (Wildman–Crippen MR) is 53.9 cm³/mol. The Morgan fingerprint density at radius 3 is 2.43 bits per heavy atom. The number of hydrogen-bond acceptors (Lipinski definition) is 3. The van der Waals surface area contributed by atoms with Crippen molar-refractivity contribution in [1.29, 1.82) is 0 Å². The van der Waals surface area contributed by atoms with Gasteiger partial charge in [0.05, 0.1) is 19.3 Å². The van der Waals surface area contributed by atoms with Crippen LogP contribution >= 0.6 is 0 Å². The lowest BCUT2D eigenvalue weighted by molar-refractivity contribution is 0.0158. The zero-order valence-corrected chi connectivity index (χ0v) is 8.26. The summed E-state index contributed by atoms with van der Waals surface area (Å²) < 4.78 is 4.92. The number of ether oxygens (including phenoxy) is 1. The highest BCUT2D eigenvalue weighted by atomic mass is 16.5. The number of aliphatic hydroxyl groups is 2. The third-order valence-corrected chi connectivity index (χ3v) is 2.20. The van der Waals surface area contributed by atoms with Crippen LogP contribution in [-0.2, 0) is 4.74 Å². The van der Waals surface area contributed by atoms with Crippen LogP contribution in [0.15, 0.2) is 30.3 Å². The fourth-order valence-corrected chi connectivity index (χ4v) is 1.38. The standard InChI is InChI=1S/C11H16O3/c1-14-8-10(7-12)11(13)9-5-3-2-4-6-9/h2-6,10-13H,7-8H2,1H3/t10-,11-/m0/s1. The zero-order valence-electron chi connectivity index (χ0n) is 8.26. The molecular weight excluding hydrogens is 180 g/mol. The minimum Gasteiger partial charge on any atom is -0.396 e. The molecule has 0 amide bonds. The second-order valence-corrected chi connectivity index (χ2v) is 3.25. The molecule has 0 aromatic heterocycles. The molecule has 14 heavy (non-hydrogen) atoms. The van der Waals surface area contributed by atoms with E-state index in [1.165, 1.54) is 0 Å². The molecule has 0 saturated heterocycles. The molecule has 0 aliphatic rings. The van der Waals surface area contributed by atoms with Crippen LogP contribution in [0.4, 0.5) is 0 Å². The van der Waals surface area contributed by atoms with Crippen LogP contribution in [0.25, 0.3) is 0 Å². The lowest BCUT2D eigenvalue weighted by atomic mass is 9.97. The Kier molecular flexibility index (Phi) is 4.59. The summed E-state index contributed by atoms with van der Waals surface area (Å²) in [5, 5.41) is 18.9. The van der Waals surface area contributed by atoms with Crippen molar-refractivity contribution in [3.8, 4) is 0 Å². The van der Waals surface area contributed by atoms with Crippen LogP contribution in [0.2, 0.25) is 0 Å². The predicted octanol–water partition coefficient (Wildman–Crippen LogP) is 0.975. The molecule has 0 bridgehead atoms. The Balaban J connectivity index is 2.67. The van der Waals surface area contributed by atoms with Gasteiger partial charge in [-0.15, -0.1) is 0 Å². The van der Waals surface area contributed by atoms with Gasteiger partial charge in [-0.2, -0.15) is 0 Å². The summed E-state index contributed by atoms with van der Waals surface area (Å²) in [5.74, 6) is -0.262. The largest absolute Gasteiger partial charge is 0.396 e. The Labute approximate surface area is 84.0 Å². The van der Waals surface area contributed by atoms with Gasteiger partial charge in [-0.1, -0.05) is 30.3 Å². The lowest BCUT2D eigenvalue weighted by Crippen LogP contribution is -2.21. The quantitative estimate of drug-likeness (QED) is 0.738. The first-order valence-corrected chi connectivity index (χ1v) is 4.62. The summed E-state index contributed by atoms with van der Waals surface area (Å²) in [4.78, 5) is 0. The highest BCUT2D eigenvalue weighted by Crippen LogP contribution is 2.21. The van der Waals surface area contributed by atoms with Gasteiger partial charge in [0, 0.05) is 13.0 Å². The van der Waals surface area contributed by atoms with Crippen molar-refractivity contribution in [2.75, 3.05) is 20.3 Å². The second kappa shape index (κ2) is 5.75. The van der Waals surface area contributed by atoms with E-state index in [1.54, 1.807) is 7.11 Å². The lowest BCUT2D eigenvalue weighted by Gasteiger charge is -2.20. The van der Waals surface area contributed by atoms with Gasteiger partial charge in [-0.3, -0.25) is 0 Å². The van der Waals surface area contributed by atoms with Crippen LogP contribution in [0.3, 0.4) is 0 Å². The number of rotatable bonds is 5. The summed E-state index contributed by atoms with van der Waals surface area (Å²) in [7, 11) is 1.56. The van der Waals surface area contributed by atoms with Gasteiger partial charge in [0.2, 0.25) is 0 Å². The first-order valence-electron chi connectivity index (χ1n) is 4.62. The minimum atomic E-state index is -0.666. The summed E-state index contributed by atoms with van der Waals surface area (Å²) in [6, 6.07) is 9.28. The van der Waals surface area contributed by atoms with E-state index in [9.17, 15) is 5.11 Å². The number of hydrogen-bond donors (Lipinski definition) is 2.